The summed E-state index contributed by atoms with van der Waals surface area (Å²) in [5.74, 6) is 0.00383. The lowest BCUT2D eigenvalue weighted by Crippen LogP contribution is -2.42. The lowest BCUT2D eigenvalue weighted by Gasteiger charge is -2.32. The minimum absolute atomic E-state index is 0.00383. The van der Waals surface area contributed by atoms with Gasteiger partial charge in [0.05, 0.1) is 37.5 Å². The Kier molecular flexibility index (Phi) is 4.69. The number of sulfonamides is 1. The first-order valence-electron chi connectivity index (χ1n) is 7.76. The van der Waals surface area contributed by atoms with Gasteiger partial charge in [-0.3, -0.25) is 4.79 Å². The van der Waals surface area contributed by atoms with Crippen molar-refractivity contribution in [3.8, 4) is 0 Å². The Hall–Kier alpha value is -1.45. The Morgan fingerprint density at radius 3 is 2.83 bits per heavy atom. The van der Waals surface area contributed by atoms with E-state index in [9.17, 15) is 13.2 Å². The number of fused-ring (bicyclic) bond motifs is 1. The first-order valence-corrected chi connectivity index (χ1v) is 9.61. The molecular formula is C14H22N4O4S. The second-order valence-corrected chi connectivity index (χ2v) is 8.09. The molecule has 1 atom stereocenters. The molecule has 0 N–H and O–H groups in total. The molecular weight excluding hydrogens is 320 g/mol. The molecule has 3 rings (SSSR count). The number of rotatable bonds is 5. The molecule has 128 valence electrons. The molecule has 9 heteroatoms. The third kappa shape index (κ3) is 3.73. The monoisotopic (exact) mass is 342 g/mol. The second kappa shape index (κ2) is 6.58. The summed E-state index contributed by atoms with van der Waals surface area (Å²) in [6.07, 6.45) is 6.66. The molecule has 1 aromatic rings. The number of carbonyl (C=O) groups excluding carboxylic acids is 1. The first-order chi connectivity index (χ1) is 10.9. The number of likely N-dealkylation sites (tertiary alicyclic amines) is 1. The van der Waals surface area contributed by atoms with Crippen molar-refractivity contribution >= 4 is 15.9 Å². The summed E-state index contributed by atoms with van der Waals surface area (Å²) in [6.45, 7) is 2.59. The molecule has 0 aromatic carbocycles. The van der Waals surface area contributed by atoms with Gasteiger partial charge in [0.1, 0.15) is 6.61 Å². The standard InChI is InChI=1S/C14H22N4O4S/c1-23(20,21)17-7-12-6-15-11-18(12)13(8-17)9-22-10-14(19)16-4-2-3-5-16/h6,11,13H,2-5,7-10H2,1H3/t13-/m0/s1. The fourth-order valence-electron chi connectivity index (χ4n) is 3.08. The van der Waals surface area contributed by atoms with Gasteiger partial charge in [-0.05, 0) is 12.8 Å². The van der Waals surface area contributed by atoms with Gasteiger partial charge in [-0.25, -0.2) is 13.4 Å². The van der Waals surface area contributed by atoms with Crippen molar-refractivity contribution in [2.75, 3.05) is 39.1 Å². The smallest absolute Gasteiger partial charge is 0.248 e. The molecule has 1 fully saturated rings. The zero-order valence-corrected chi connectivity index (χ0v) is 14.0. The van der Waals surface area contributed by atoms with Gasteiger partial charge in [0.2, 0.25) is 15.9 Å². The quantitative estimate of drug-likeness (QED) is 0.742. The molecule has 3 heterocycles. The molecule has 0 aliphatic carbocycles. The van der Waals surface area contributed by atoms with Crippen molar-refractivity contribution in [3.63, 3.8) is 0 Å². The van der Waals surface area contributed by atoms with E-state index in [1.54, 1.807) is 12.5 Å². The van der Waals surface area contributed by atoms with Crippen LogP contribution in [0.1, 0.15) is 24.6 Å². The highest BCUT2D eigenvalue weighted by Crippen LogP contribution is 2.23. The Labute approximate surface area is 136 Å². The number of ether oxygens (including phenoxy) is 1. The number of aromatic nitrogens is 2. The highest BCUT2D eigenvalue weighted by molar-refractivity contribution is 7.88. The van der Waals surface area contributed by atoms with Crippen LogP contribution in [0.15, 0.2) is 12.5 Å². The van der Waals surface area contributed by atoms with Crippen LogP contribution in [0, 0.1) is 0 Å². The van der Waals surface area contributed by atoms with E-state index in [-0.39, 0.29) is 25.2 Å². The van der Waals surface area contributed by atoms with Crippen molar-refractivity contribution in [2.24, 2.45) is 0 Å². The molecule has 23 heavy (non-hydrogen) atoms. The molecule has 2 aliphatic rings. The lowest BCUT2D eigenvalue weighted by atomic mass is 10.2. The van der Waals surface area contributed by atoms with Gasteiger partial charge in [0.15, 0.2) is 0 Å². The van der Waals surface area contributed by atoms with Crippen LogP contribution in [0.2, 0.25) is 0 Å². The summed E-state index contributed by atoms with van der Waals surface area (Å²) in [6, 6.07) is -0.164. The molecule has 0 radical (unpaired) electrons. The maximum atomic E-state index is 12.0. The van der Waals surface area contributed by atoms with Gasteiger partial charge in [-0.1, -0.05) is 0 Å². The summed E-state index contributed by atoms with van der Waals surface area (Å²) in [5, 5.41) is 0. The minimum atomic E-state index is -3.27. The molecule has 0 saturated carbocycles. The Bertz CT molecular complexity index is 666. The van der Waals surface area contributed by atoms with Crippen molar-refractivity contribution in [3.05, 3.63) is 18.2 Å². The van der Waals surface area contributed by atoms with E-state index in [2.05, 4.69) is 4.98 Å². The van der Waals surface area contributed by atoms with Crippen molar-refractivity contribution in [1.82, 2.24) is 18.8 Å². The average Bonchev–Trinajstić information content (AvgIpc) is 3.17. The van der Waals surface area contributed by atoms with E-state index < -0.39 is 10.0 Å². The average molecular weight is 342 g/mol. The summed E-state index contributed by atoms with van der Waals surface area (Å²) >= 11 is 0. The molecule has 0 bridgehead atoms. The maximum absolute atomic E-state index is 12.0. The van der Waals surface area contributed by atoms with E-state index in [1.807, 2.05) is 9.47 Å². The number of amides is 1. The third-order valence-electron chi connectivity index (χ3n) is 4.36. The van der Waals surface area contributed by atoms with Crippen LogP contribution in [-0.4, -0.2) is 72.2 Å². The van der Waals surface area contributed by atoms with Crippen LogP contribution < -0.4 is 0 Å². The van der Waals surface area contributed by atoms with Gasteiger partial charge >= 0.3 is 0 Å². The van der Waals surface area contributed by atoms with Crippen LogP contribution in [0.3, 0.4) is 0 Å². The van der Waals surface area contributed by atoms with Gasteiger partial charge in [0.25, 0.3) is 0 Å². The zero-order valence-electron chi connectivity index (χ0n) is 13.2. The van der Waals surface area contributed by atoms with Crippen molar-refractivity contribution < 1.29 is 17.9 Å². The number of hydrogen-bond acceptors (Lipinski definition) is 5. The highest BCUT2D eigenvalue weighted by atomic mass is 32.2. The number of nitrogens with zero attached hydrogens (tertiary/aromatic N) is 4. The van der Waals surface area contributed by atoms with Gasteiger partial charge in [0, 0.05) is 25.8 Å². The van der Waals surface area contributed by atoms with Crippen molar-refractivity contribution in [1.29, 1.82) is 0 Å². The predicted octanol–water partition coefficient (Wildman–Crippen LogP) is -0.162. The third-order valence-corrected chi connectivity index (χ3v) is 5.57. The van der Waals surface area contributed by atoms with Gasteiger partial charge in [-0.15, -0.1) is 0 Å². The van der Waals surface area contributed by atoms with E-state index in [0.29, 0.717) is 13.1 Å². The molecule has 0 unspecified atom stereocenters. The molecule has 8 nitrogen and oxygen atoms in total. The molecule has 1 saturated heterocycles. The fourth-order valence-corrected chi connectivity index (χ4v) is 3.89. The molecule has 1 aromatic heterocycles. The van der Waals surface area contributed by atoms with Crippen LogP contribution in [-0.2, 0) is 26.1 Å². The summed E-state index contributed by atoms with van der Waals surface area (Å²) in [5.41, 5.74) is 0.834. The largest absolute Gasteiger partial charge is 0.369 e. The predicted molar refractivity (Wildman–Crippen MR) is 83.2 cm³/mol. The summed E-state index contributed by atoms with van der Waals surface area (Å²) in [4.78, 5) is 17.9. The van der Waals surface area contributed by atoms with Crippen LogP contribution >= 0.6 is 0 Å². The maximum Gasteiger partial charge on any atom is 0.248 e. The van der Waals surface area contributed by atoms with Crippen LogP contribution in [0.25, 0.3) is 0 Å². The Morgan fingerprint density at radius 1 is 1.39 bits per heavy atom. The van der Waals surface area contributed by atoms with E-state index in [1.165, 1.54) is 10.6 Å². The van der Waals surface area contributed by atoms with E-state index in [4.69, 9.17) is 4.74 Å². The topological polar surface area (TPSA) is 84.7 Å². The van der Waals surface area contributed by atoms with Crippen LogP contribution in [0.4, 0.5) is 0 Å². The molecule has 2 aliphatic heterocycles. The minimum Gasteiger partial charge on any atom is -0.369 e. The van der Waals surface area contributed by atoms with E-state index >= 15 is 0 Å². The van der Waals surface area contributed by atoms with Gasteiger partial charge in [-0.2, -0.15) is 4.31 Å². The van der Waals surface area contributed by atoms with E-state index in [0.717, 1.165) is 31.6 Å². The number of carbonyl (C=O) groups is 1. The zero-order chi connectivity index (χ0) is 16.4. The normalized spacial score (nSPS) is 22.3. The highest BCUT2D eigenvalue weighted by Gasteiger charge is 2.30. The molecule has 1 amide bonds. The van der Waals surface area contributed by atoms with Gasteiger partial charge < -0.3 is 14.2 Å². The van der Waals surface area contributed by atoms with Crippen molar-refractivity contribution in [2.45, 2.75) is 25.4 Å². The SMILES string of the molecule is CS(=O)(=O)N1Cc2cncn2[C@H](COCC(=O)N2CCCC2)C1. The Balaban J connectivity index is 1.59. The molecule has 0 spiro atoms. The van der Waals surface area contributed by atoms with Crippen LogP contribution in [0.5, 0.6) is 0 Å². The number of imidazole rings is 1. The summed E-state index contributed by atoms with van der Waals surface area (Å²) in [7, 11) is -3.27. The summed E-state index contributed by atoms with van der Waals surface area (Å²) < 4.78 is 32.6. The lowest BCUT2D eigenvalue weighted by molar-refractivity contribution is -0.135. The second-order valence-electron chi connectivity index (χ2n) is 6.10. The first kappa shape index (κ1) is 16.4. The fraction of sp³-hybridized carbons (Fsp3) is 0.714. The number of hydrogen-bond donors (Lipinski definition) is 0. The Morgan fingerprint density at radius 2 is 2.13 bits per heavy atom.